The number of nitrogen functional groups attached to an aromatic ring is 1. The highest BCUT2D eigenvalue weighted by atomic mass is 19.4. The van der Waals surface area contributed by atoms with E-state index in [1.807, 2.05) is 0 Å². The third-order valence-electron chi connectivity index (χ3n) is 6.82. The fraction of sp³-hybridized carbons (Fsp3) is 0.455. The number of fused-ring (bicyclic) bond motifs is 2. The highest BCUT2D eigenvalue weighted by Gasteiger charge is 2.51. The Bertz CT molecular complexity index is 1320. The predicted octanol–water partition coefficient (Wildman–Crippen LogP) is 3.65. The van der Waals surface area contributed by atoms with Crippen LogP contribution in [-0.4, -0.2) is 48.6 Å². The van der Waals surface area contributed by atoms with Crippen molar-refractivity contribution < 1.29 is 26.7 Å². The highest BCUT2D eigenvalue weighted by molar-refractivity contribution is 5.76. The Kier molecular flexibility index (Phi) is 5.45. The SMILES string of the molecule is CC(NC(=O)N1CC2(CCn3nc(-c4cnc(N)c(C(F)(F)F)c4)cc32)C1)c1cn(C)nc1C(F)F. The monoisotopic (exact) mass is 510 g/mol. The minimum atomic E-state index is -4.64. The number of alkyl halides is 5. The van der Waals surface area contributed by atoms with Gasteiger partial charge < -0.3 is 16.0 Å². The standard InChI is InChI=1S/C22H23F5N8O/c1-11(13-8-33(2)32-17(13)18(23)24)30-20(36)34-9-21(10-34)3-4-35-16(21)6-15(31-35)12-5-14(22(25,26)27)19(28)29-7-12/h5-8,11,18H,3-4,9-10H2,1-2H3,(H2,28,29)(H,30,36). The number of carbonyl (C=O) groups is 1. The maximum absolute atomic E-state index is 13.3. The molecule has 2 amide bonds. The molecule has 1 fully saturated rings. The van der Waals surface area contributed by atoms with Gasteiger partial charge in [-0.2, -0.15) is 23.4 Å². The molecule has 36 heavy (non-hydrogen) atoms. The van der Waals surface area contributed by atoms with Crippen molar-refractivity contribution in [3.63, 3.8) is 0 Å². The number of rotatable bonds is 4. The molecule has 2 aliphatic heterocycles. The van der Waals surface area contributed by atoms with Crippen molar-refractivity contribution in [1.29, 1.82) is 0 Å². The molecule has 2 aliphatic rings. The Morgan fingerprint density at radius 1 is 1.22 bits per heavy atom. The maximum atomic E-state index is 13.3. The summed E-state index contributed by atoms with van der Waals surface area (Å²) in [7, 11) is 1.53. The quantitative estimate of drug-likeness (QED) is 0.522. The number of aromatic nitrogens is 5. The summed E-state index contributed by atoms with van der Waals surface area (Å²) in [6, 6.07) is 1.59. The van der Waals surface area contributed by atoms with Crippen molar-refractivity contribution in [2.45, 2.75) is 43.9 Å². The van der Waals surface area contributed by atoms with Gasteiger partial charge in [0.2, 0.25) is 0 Å². The first-order valence-corrected chi connectivity index (χ1v) is 11.2. The zero-order chi connectivity index (χ0) is 26.0. The van der Waals surface area contributed by atoms with E-state index < -0.39 is 36.1 Å². The number of hydrogen-bond acceptors (Lipinski definition) is 5. The fourth-order valence-corrected chi connectivity index (χ4v) is 4.98. The summed E-state index contributed by atoms with van der Waals surface area (Å²) in [5.74, 6) is -0.601. The Morgan fingerprint density at radius 2 is 1.94 bits per heavy atom. The highest BCUT2D eigenvalue weighted by Crippen LogP contribution is 2.44. The van der Waals surface area contributed by atoms with Crippen molar-refractivity contribution in [2.75, 3.05) is 18.8 Å². The van der Waals surface area contributed by atoms with Gasteiger partial charge >= 0.3 is 12.2 Å². The Labute approximate surface area is 202 Å². The van der Waals surface area contributed by atoms with E-state index >= 15 is 0 Å². The van der Waals surface area contributed by atoms with Crippen LogP contribution in [0.5, 0.6) is 0 Å². The first-order valence-electron chi connectivity index (χ1n) is 11.2. The van der Waals surface area contributed by atoms with Gasteiger partial charge in [-0.1, -0.05) is 0 Å². The third kappa shape index (κ3) is 3.93. The number of hydrogen-bond donors (Lipinski definition) is 2. The largest absolute Gasteiger partial charge is 0.419 e. The van der Waals surface area contributed by atoms with E-state index in [-0.39, 0.29) is 22.2 Å². The molecule has 0 saturated carbocycles. The van der Waals surface area contributed by atoms with Crippen molar-refractivity contribution >= 4 is 11.8 Å². The number of urea groups is 1. The van der Waals surface area contributed by atoms with Crippen LogP contribution in [0, 0.1) is 0 Å². The molecule has 3 N–H and O–H groups in total. The van der Waals surface area contributed by atoms with E-state index in [0.717, 1.165) is 18.2 Å². The zero-order valence-electron chi connectivity index (χ0n) is 19.4. The van der Waals surface area contributed by atoms with Gasteiger partial charge in [0.15, 0.2) is 0 Å². The predicted molar refractivity (Wildman–Crippen MR) is 118 cm³/mol. The number of amides is 2. The minimum Gasteiger partial charge on any atom is -0.383 e. The number of nitrogens with two attached hydrogens (primary N) is 1. The number of anilines is 1. The number of likely N-dealkylation sites (tertiary alicyclic amines) is 1. The van der Waals surface area contributed by atoms with Gasteiger partial charge in [-0.05, 0) is 25.5 Å². The molecule has 0 bridgehead atoms. The summed E-state index contributed by atoms with van der Waals surface area (Å²) in [5.41, 5.74) is 5.24. The molecule has 0 aliphatic carbocycles. The van der Waals surface area contributed by atoms with Crippen LogP contribution in [0.1, 0.15) is 48.3 Å². The lowest BCUT2D eigenvalue weighted by Crippen LogP contribution is -2.62. The number of halogens is 5. The second kappa shape index (κ2) is 8.17. The summed E-state index contributed by atoms with van der Waals surface area (Å²) >= 11 is 0. The molecule has 1 spiro atoms. The Morgan fingerprint density at radius 3 is 2.61 bits per heavy atom. The van der Waals surface area contributed by atoms with Gasteiger partial charge in [-0.3, -0.25) is 9.36 Å². The first kappa shape index (κ1) is 24.0. The van der Waals surface area contributed by atoms with Gasteiger partial charge in [-0.15, -0.1) is 0 Å². The van der Waals surface area contributed by atoms with E-state index in [2.05, 4.69) is 20.5 Å². The van der Waals surface area contributed by atoms with Crippen LogP contribution in [0.3, 0.4) is 0 Å². The smallest absolute Gasteiger partial charge is 0.383 e. The Hall–Kier alpha value is -3.71. The number of nitrogens with zero attached hydrogens (tertiary/aromatic N) is 6. The van der Waals surface area contributed by atoms with E-state index in [1.165, 1.54) is 24.1 Å². The molecule has 1 saturated heterocycles. The molecule has 1 atom stereocenters. The van der Waals surface area contributed by atoms with Crippen LogP contribution in [0.15, 0.2) is 24.5 Å². The molecule has 1 unspecified atom stereocenters. The number of nitrogens with one attached hydrogen (secondary N) is 1. The van der Waals surface area contributed by atoms with Crippen LogP contribution in [-0.2, 0) is 25.2 Å². The number of pyridine rings is 1. The van der Waals surface area contributed by atoms with Crippen molar-refractivity contribution in [3.05, 3.63) is 47.0 Å². The van der Waals surface area contributed by atoms with E-state index in [1.54, 1.807) is 22.6 Å². The normalized spacial score (nSPS) is 17.4. The van der Waals surface area contributed by atoms with Crippen molar-refractivity contribution in [2.24, 2.45) is 7.05 Å². The van der Waals surface area contributed by atoms with Gasteiger partial charge in [0.1, 0.15) is 11.5 Å². The van der Waals surface area contributed by atoms with Crippen molar-refractivity contribution in [1.82, 2.24) is 34.8 Å². The molecular formula is C22H23F5N8O. The molecule has 192 valence electrons. The molecule has 14 heteroatoms. The fourth-order valence-electron chi connectivity index (χ4n) is 4.98. The zero-order valence-corrected chi connectivity index (χ0v) is 19.4. The molecule has 3 aromatic heterocycles. The first-order chi connectivity index (χ1) is 16.9. The average molecular weight is 510 g/mol. The van der Waals surface area contributed by atoms with Crippen LogP contribution in [0.2, 0.25) is 0 Å². The molecule has 0 aromatic carbocycles. The average Bonchev–Trinajstić information content (AvgIpc) is 3.45. The topological polar surface area (TPSA) is 107 Å². The van der Waals surface area contributed by atoms with Crippen LogP contribution >= 0.6 is 0 Å². The molecule has 9 nitrogen and oxygen atoms in total. The molecule has 5 heterocycles. The maximum Gasteiger partial charge on any atom is 0.419 e. The summed E-state index contributed by atoms with van der Waals surface area (Å²) in [4.78, 5) is 18.0. The second-order valence-corrected chi connectivity index (χ2v) is 9.29. The van der Waals surface area contributed by atoms with Gasteiger partial charge in [0.25, 0.3) is 6.43 Å². The summed E-state index contributed by atoms with van der Waals surface area (Å²) in [6.07, 6.45) is -3.97. The second-order valence-electron chi connectivity index (χ2n) is 9.29. The van der Waals surface area contributed by atoms with E-state index in [9.17, 15) is 26.7 Å². The lowest BCUT2D eigenvalue weighted by molar-refractivity contribution is -0.137. The van der Waals surface area contributed by atoms with Gasteiger partial charge in [0, 0.05) is 61.3 Å². The summed E-state index contributed by atoms with van der Waals surface area (Å²) < 4.78 is 69.3. The van der Waals surface area contributed by atoms with Crippen molar-refractivity contribution in [3.8, 4) is 11.3 Å². The van der Waals surface area contributed by atoms with E-state index in [0.29, 0.717) is 25.3 Å². The van der Waals surface area contributed by atoms with Gasteiger partial charge in [0.05, 0.1) is 17.3 Å². The molecular weight excluding hydrogens is 487 g/mol. The van der Waals surface area contributed by atoms with Crippen LogP contribution < -0.4 is 11.1 Å². The Balaban J connectivity index is 1.29. The van der Waals surface area contributed by atoms with Gasteiger partial charge in [-0.25, -0.2) is 18.6 Å². The third-order valence-corrected chi connectivity index (χ3v) is 6.82. The number of carbonyl (C=O) groups excluding carboxylic acids is 1. The molecule has 5 rings (SSSR count). The summed E-state index contributed by atoms with van der Waals surface area (Å²) in [6.45, 7) is 2.92. The van der Waals surface area contributed by atoms with Crippen LogP contribution in [0.25, 0.3) is 11.3 Å². The molecule has 3 aromatic rings. The minimum absolute atomic E-state index is 0.197. The lowest BCUT2D eigenvalue weighted by atomic mass is 9.76. The summed E-state index contributed by atoms with van der Waals surface area (Å²) in [5, 5.41) is 11.0. The molecule has 0 radical (unpaired) electrons. The lowest BCUT2D eigenvalue weighted by Gasteiger charge is -2.47. The number of aryl methyl sites for hydroxylation is 2. The van der Waals surface area contributed by atoms with Crippen LogP contribution in [0.4, 0.5) is 32.6 Å². The van der Waals surface area contributed by atoms with E-state index in [4.69, 9.17) is 5.73 Å².